The first-order valence-electron chi connectivity index (χ1n) is 30.4. The van der Waals surface area contributed by atoms with Crippen molar-refractivity contribution in [1.82, 2.24) is 5.32 Å². The van der Waals surface area contributed by atoms with E-state index in [9.17, 15) is 38.2 Å². The lowest BCUT2D eigenvalue weighted by Crippen LogP contribution is -2.61. The summed E-state index contributed by atoms with van der Waals surface area (Å²) < 4.78 is 47.8. The van der Waals surface area contributed by atoms with Crippen molar-refractivity contribution in [2.75, 3.05) is 13.2 Å². The minimum atomic E-state index is -5.09. The minimum absolute atomic E-state index is 0.260. The van der Waals surface area contributed by atoms with E-state index in [0.717, 1.165) is 44.9 Å². The van der Waals surface area contributed by atoms with E-state index in [1.165, 1.54) is 212 Å². The van der Waals surface area contributed by atoms with Gasteiger partial charge in [0.25, 0.3) is 0 Å². The summed E-state index contributed by atoms with van der Waals surface area (Å²) in [6, 6.07) is -0.943. The molecular weight excluding hydrogens is 943 g/mol. The number of unbranched alkanes of at least 4 members (excludes halogenated alkanes) is 37. The molecule has 0 radical (unpaired) electrons. The van der Waals surface area contributed by atoms with Crippen molar-refractivity contribution in [2.45, 2.75) is 326 Å². The fourth-order valence-electron chi connectivity index (χ4n) is 9.72. The molecule has 13 heteroatoms. The molecule has 0 bridgehead atoms. The Bertz CT molecular complexity index is 1430. The standard InChI is InChI=1S/C60H113NO11S/c1-3-5-7-9-11-13-15-17-18-19-20-21-22-23-24-25-26-27-28-29-30-31-32-33-34-35-36-38-40-42-44-46-48-50-56(64)61-53(54(63)49-47-45-43-41-39-37-16-14-12-10-8-6-4-2)52-70-60-58(66)59(72-73(67,68)69)57(65)55(51-62)71-60/h20-21,23-24,47,49,53-55,57-60,62-63,65-66H,3-19,22,25-46,48,50-52H2,1-2H3,(H,61,64)(H,67,68,69)/b21-20-,24-23-,49-47+. The summed E-state index contributed by atoms with van der Waals surface area (Å²) >= 11 is 0. The molecule has 0 aromatic rings. The number of nitrogens with one attached hydrogen (secondary N) is 1. The Labute approximate surface area is 447 Å². The second kappa shape index (κ2) is 49.9. The molecule has 1 saturated heterocycles. The van der Waals surface area contributed by atoms with Gasteiger partial charge in [-0.3, -0.25) is 9.35 Å². The third-order valence-corrected chi connectivity index (χ3v) is 14.9. The van der Waals surface area contributed by atoms with Crippen LogP contribution in [0.4, 0.5) is 0 Å². The molecular formula is C60H113NO11S. The van der Waals surface area contributed by atoms with E-state index in [1.807, 2.05) is 6.08 Å². The maximum atomic E-state index is 13.1. The van der Waals surface area contributed by atoms with Gasteiger partial charge in [-0.2, -0.15) is 8.42 Å². The van der Waals surface area contributed by atoms with Crippen molar-refractivity contribution in [3.8, 4) is 0 Å². The first kappa shape index (κ1) is 69.3. The van der Waals surface area contributed by atoms with Crippen LogP contribution in [0.2, 0.25) is 0 Å². The smallest absolute Gasteiger partial charge is 0.394 e. The quantitative estimate of drug-likeness (QED) is 0.0193. The van der Waals surface area contributed by atoms with Gasteiger partial charge in [0.15, 0.2) is 6.29 Å². The van der Waals surface area contributed by atoms with Crippen LogP contribution in [0.1, 0.15) is 284 Å². The molecule has 73 heavy (non-hydrogen) atoms. The number of amides is 1. The van der Waals surface area contributed by atoms with Crippen molar-refractivity contribution < 1.29 is 51.8 Å². The van der Waals surface area contributed by atoms with Crippen LogP contribution in [0.15, 0.2) is 36.5 Å². The SMILES string of the molecule is CCCCCCCCCCC/C=C\C/C=C\CCCCCCCCCCCCCCCCCCCC(=O)NC(COC1OC(CO)C(O)C(OS(=O)(=O)O)C1O)C(O)/C=C/CCCCCCCCCCCCC. The Morgan fingerprint density at radius 1 is 0.548 bits per heavy atom. The predicted octanol–water partition coefficient (Wildman–Crippen LogP) is 14.6. The molecule has 1 fully saturated rings. The molecule has 1 amide bonds. The topological polar surface area (TPSA) is 192 Å². The highest BCUT2D eigenvalue weighted by Gasteiger charge is 2.48. The second-order valence-electron chi connectivity index (χ2n) is 21.3. The first-order chi connectivity index (χ1) is 35.5. The van der Waals surface area contributed by atoms with Crippen molar-refractivity contribution in [3.05, 3.63) is 36.5 Å². The van der Waals surface area contributed by atoms with Gasteiger partial charge in [-0.15, -0.1) is 0 Å². The van der Waals surface area contributed by atoms with E-state index in [2.05, 4.69) is 47.7 Å². The van der Waals surface area contributed by atoms with Crippen LogP contribution in [-0.2, 0) is 28.9 Å². The van der Waals surface area contributed by atoms with E-state index < -0.39 is 59.9 Å². The maximum Gasteiger partial charge on any atom is 0.397 e. The highest BCUT2D eigenvalue weighted by Crippen LogP contribution is 2.26. The molecule has 1 heterocycles. The Morgan fingerprint density at radius 3 is 1.30 bits per heavy atom. The average Bonchev–Trinajstić information content (AvgIpc) is 3.37. The van der Waals surface area contributed by atoms with Gasteiger partial charge in [-0.25, -0.2) is 4.18 Å². The number of aliphatic hydroxyl groups is 4. The first-order valence-corrected chi connectivity index (χ1v) is 31.7. The molecule has 1 aliphatic rings. The van der Waals surface area contributed by atoms with Gasteiger partial charge in [-0.1, -0.05) is 262 Å². The molecule has 0 saturated carbocycles. The van der Waals surface area contributed by atoms with Crippen molar-refractivity contribution in [3.63, 3.8) is 0 Å². The van der Waals surface area contributed by atoms with Crippen LogP contribution in [0.3, 0.4) is 0 Å². The van der Waals surface area contributed by atoms with E-state index in [4.69, 9.17) is 9.47 Å². The van der Waals surface area contributed by atoms with Crippen molar-refractivity contribution in [2.24, 2.45) is 0 Å². The van der Waals surface area contributed by atoms with Crippen LogP contribution >= 0.6 is 0 Å². The van der Waals surface area contributed by atoms with E-state index >= 15 is 0 Å². The van der Waals surface area contributed by atoms with Crippen LogP contribution in [0.5, 0.6) is 0 Å². The van der Waals surface area contributed by atoms with Gasteiger partial charge in [0.2, 0.25) is 5.91 Å². The number of allylic oxidation sites excluding steroid dienone is 5. The van der Waals surface area contributed by atoms with Crippen LogP contribution < -0.4 is 5.32 Å². The summed E-state index contributed by atoms with van der Waals surface area (Å²) in [5.74, 6) is -0.260. The van der Waals surface area contributed by atoms with E-state index in [1.54, 1.807) is 6.08 Å². The molecule has 430 valence electrons. The minimum Gasteiger partial charge on any atom is -0.394 e. The zero-order valence-electron chi connectivity index (χ0n) is 46.7. The Morgan fingerprint density at radius 2 is 0.918 bits per heavy atom. The zero-order chi connectivity index (χ0) is 53.3. The van der Waals surface area contributed by atoms with Crippen LogP contribution in [-0.4, -0.2) is 95.4 Å². The summed E-state index contributed by atoms with van der Waals surface area (Å²) in [5.41, 5.74) is 0. The van der Waals surface area contributed by atoms with Gasteiger partial charge in [-0.05, 0) is 51.4 Å². The molecule has 1 rings (SSSR count). The summed E-state index contributed by atoms with van der Waals surface area (Å²) in [5, 5.41) is 44.9. The highest BCUT2D eigenvalue weighted by atomic mass is 32.3. The third kappa shape index (κ3) is 42.1. The fourth-order valence-corrected chi connectivity index (χ4v) is 10.2. The van der Waals surface area contributed by atoms with Gasteiger partial charge >= 0.3 is 10.4 Å². The van der Waals surface area contributed by atoms with E-state index in [-0.39, 0.29) is 18.9 Å². The molecule has 1 aliphatic heterocycles. The summed E-state index contributed by atoms with van der Waals surface area (Å²) in [6.45, 7) is 3.41. The lowest BCUT2D eigenvalue weighted by molar-refractivity contribution is -0.298. The molecule has 0 aliphatic carbocycles. The Hall–Kier alpha value is -1.68. The third-order valence-electron chi connectivity index (χ3n) is 14.4. The molecule has 0 aromatic carbocycles. The largest absolute Gasteiger partial charge is 0.397 e. The monoisotopic (exact) mass is 1060 g/mol. The predicted molar refractivity (Wildman–Crippen MR) is 301 cm³/mol. The number of hydrogen-bond donors (Lipinski definition) is 6. The summed E-state index contributed by atoms with van der Waals surface area (Å²) in [7, 11) is -5.09. The number of aliphatic hydroxyl groups excluding tert-OH is 4. The zero-order valence-corrected chi connectivity index (χ0v) is 47.5. The molecule has 7 unspecified atom stereocenters. The van der Waals surface area contributed by atoms with E-state index in [0.29, 0.717) is 6.42 Å². The number of hydrogen-bond acceptors (Lipinski definition) is 10. The molecule has 0 spiro atoms. The Balaban J connectivity index is 2.22. The van der Waals surface area contributed by atoms with Crippen LogP contribution in [0.25, 0.3) is 0 Å². The molecule has 12 nitrogen and oxygen atoms in total. The lowest BCUT2D eigenvalue weighted by atomic mass is 9.99. The second-order valence-corrected chi connectivity index (χ2v) is 22.3. The van der Waals surface area contributed by atoms with Gasteiger partial charge in [0, 0.05) is 6.42 Å². The number of carbonyl (C=O) groups excluding carboxylic acids is 1. The normalized spacial score (nSPS) is 19.5. The lowest BCUT2D eigenvalue weighted by Gasteiger charge is -2.41. The highest BCUT2D eigenvalue weighted by molar-refractivity contribution is 7.80. The van der Waals surface area contributed by atoms with Crippen LogP contribution in [0, 0.1) is 0 Å². The van der Waals surface area contributed by atoms with Crippen molar-refractivity contribution in [1.29, 1.82) is 0 Å². The fraction of sp³-hybridized carbons (Fsp3) is 0.883. The summed E-state index contributed by atoms with van der Waals surface area (Å²) in [4.78, 5) is 13.1. The summed E-state index contributed by atoms with van der Waals surface area (Å²) in [6.07, 6.45) is 55.0. The number of carbonyl (C=O) groups is 1. The van der Waals surface area contributed by atoms with Gasteiger partial charge in [0.1, 0.15) is 24.4 Å². The van der Waals surface area contributed by atoms with Gasteiger partial charge in [0.05, 0.1) is 25.4 Å². The molecule has 7 atom stereocenters. The number of ether oxygens (including phenoxy) is 2. The average molecular weight is 1060 g/mol. The molecule has 6 N–H and O–H groups in total. The Kier molecular flexibility index (Phi) is 47.4. The maximum absolute atomic E-state index is 13.1. The van der Waals surface area contributed by atoms with Crippen molar-refractivity contribution >= 4 is 16.3 Å². The molecule has 0 aromatic heterocycles. The number of rotatable bonds is 53. The van der Waals surface area contributed by atoms with Gasteiger partial charge < -0.3 is 35.2 Å².